The monoisotopic (exact) mass is 330 g/mol. The van der Waals surface area contributed by atoms with Crippen LogP contribution in [-0.4, -0.2) is 6.61 Å². The van der Waals surface area contributed by atoms with Crippen LogP contribution in [0.25, 0.3) is 22.3 Å². The van der Waals surface area contributed by atoms with Gasteiger partial charge in [-0.3, -0.25) is 0 Å². The Morgan fingerprint density at radius 3 is 1.88 bits per heavy atom. The molecule has 0 heterocycles. The molecule has 0 N–H and O–H groups in total. The van der Waals surface area contributed by atoms with E-state index in [1.807, 2.05) is 0 Å². The summed E-state index contributed by atoms with van der Waals surface area (Å²) < 4.78 is 5.91. The zero-order valence-corrected chi connectivity index (χ0v) is 15.1. The average molecular weight is 330 g/mol. The van der Waals surface area contributed by atoms with Crippen LogP contribution in [0.4, 0.5) is 0 Å². The third-order valence-corrected chi connectivity index (χ3v) is 4.57. The fourth-order valence-corrected chi connectivity index (χ4v) is 3.04. The van der Waals surface area contributed by atoms with Gasteiger partial charge in [0.2, 0.25) is 0 Å². The third-order valence-electron chi connectivity index (χ3n) is 4.57. The van der Waals surface area contributed by atoms with E-state index in [9.17, 15) is 0 Å². The summed E-state index contributed by atoms with van der Waals surface area (Å²) in [6, 6.07) is 27.9. The predicted molar refractivity (Wildman–Crippen MR) is 107 cm³/mol. The molecule has 3 aromatic rings. The molecule has 0 aliphatic rings. The molecule has 0 radical (unpaired) electrons. The molecule has 0 aliphatic heterocycles. The van der Waals surface area contributed by atoms with Gasteiger partial charge in [-0.25, -0.2) is 0 Å². The van der Waals surface area contributed by atoms with Crippen molar-refractivity contribution in [2.24, 2.45) is 0 Å². The zero-order chi connectivity index (χ0) is 17.5. The van der Waals surface area contributed by atoms with Crippen LogP contribution in [0.1, 0.15) is 38.4 Å². The van der Waals surface area contributed by atoms with Crippen molar-refractivity contribution in [3.05, 3.63) is 84.4 Å². The van der Waals surface area contributed by atoms with E-state index < -0.39 is 0 Å². The van der Waals surface area contributed by atoms with Crippen molar-refractivity contribution in [2.75, 3.05) is 6.61 Å². The summed E-state index contributed by atoms with van der Waals surface area (Å²) in [6.07, 6.45) is 2.43. The lowest BCUT2D eigenvalue weighted by Gasteiger charge is -2.15. The van der Waals surface area contributed by atoms with Gasteiger partial charge >= 0.3 is 0 Å². The molecule has 0 bridgehead atoms. The SMILES string of the molecule is CCCCOC(C)c1ccc(-c2ccccc2-c2ccccc2)cc1. The van der Waals surface area contributed by atoms with Crippen LogP contribution in [0.3, 0.4) is 0 Å². The molecule has 0 aromatic heterocycles. The van der Waals surface area contributed by atoms with Gasteiger partial charge in [-0.1, -0.05) is 92.2 Å². The molecule has 1 unspecified atom stereocenters. The summed E-state index contributed by atoms with van der Waals surface area (Å²) in [5, 5.41) is 0. The number of benzene rings is 3. The van der Waals surface area contributed by atoms with E-state index in [1.54, 1.807) is 0 Å². The van der Waals surface area contributed by atoms with E-state index >= 15 is 0 Å². The molecule has 0 spiro atoms. The Morgan fingerprint density at radius 1 is 0.720 bits per heavy atom. The van der Waals surface area contributed by atoms with Gasteiger partial charge in [0.25, 0.3) is 0 Å². The minimum absolute atomic E-state index is 0.143. The van der Waals surface area contributed by atoms with Gasteiger partial charge in [0.15, 0.2) is 0 Å². The number of hydrogen-bond donors (Lipinski definition) is 0. The van der Waals surface area contributed by atoms with Gasteiger partial charge in [-0.15, -0.1) is 0 Å². The van der Waals surface area contributed by atoms with Gasteiger partial charge in [0.05, 0.1) is 6.10 Å². The molecule has 1 heteroatoms. The topological polar surface area (TPSA) is 9.23 Å². The Kier molecular flexibility index (Phi) is 6.03. The summed E-state index contributed by atoms with van der Waals surface area (Å²) >= 11 is 0. The second-order valence-corrected chi connectivity index (χ2v) is 6.40. The summed E-state index contributed by atoms with van der Waals surface area (Å²) in [6.45, 7) is 5.14. The molecule has 128 valence electrons. The highest BCUT2D eigenvalue weighted by atomic mass is 16.5. The Labute approximate surface area is 151 Å². The highest BCUT2D eigenvalue weighted by Crippen LogP contribution is 2.32. The molecule has 0 saturated heterocycles. The fraction of sp³-hybridized carbons (Fsp3) is 0.250. The smallest absolute Gasteiger partial charge is 0.0796 e. The van der Waals surface area contributed by atoms with Gasteiger partial charge in [0, 0.05) is 6.61 Å². The first-order valence-electron chi connectivity index (χ1n) is 9.16. The van der Waals surface area contributed by atoms with E-state index in [-0.39, 0.29) is 6.10 Å². The minimum atomic E-state index is 0.143. The molecule has 0 aliphatic carbocycles. The lowest BCUT2D eigenvalue weighted by molar-refractivity contribution is 0.0637. The lowest BCUT2D eigenvalue weighted by Crippen LogP contribution is -2.01. The zero-order valence-electron chi connectivity index (χ0n) is 15.1. The molecule has 3 rings (SSSR count). The van der Waals surface area contributed by atoms with Crippen LogP contribution in [0.2, 0.25) is 0 Å². The van der Waals surface area contributed by atoms with E-state index in [0.29, 0.717) is 0 Å². The minimum Gasteiger partial charge on any atom is -0.374 e. The Balaban J connectivity index is 1.84. The van der Waals surface area contributed by atoms with Crippen LogP contribution < -0.4 is 0 Å². The highest BCUT2D eigenvalue weighted by Gasteiger charge is 2.09. The van der Waals surface area contributed by atoms with E-state index in [0.717, 1.165) is 13.0 Å². The molecule has 0 fully saturated rings. The normalized spacial score (nSPS) is 12.1. The van der Waals surface area contributed by atoms with Crippen molar-refractivity contribution in [2.45, 2.75) is 32.8 Å². The second kappa shape index (κ2) is 8.64. The molecule has 1 nitrogen and oxygen atoms in total. The van der Waals surface area contributed by atoms with Crippen LogP contribution in [0.5, 0.6) is 0 Å². The average Bonchev–Trinajstić information content (AvgIpc) is 2.69. The number of unbranched alkanes of at least 4 members (excludes halogenated alkanes) is 1. The summed E-state index contributed by atoms with van der Waals surface area (Å²) in [5.41, 5.74) is 6.25. The first-order chi connectivity index (χ1) is 12.3. The van der Waals surface area contributed by atoms with Crippen molar-refractivity contribution in [1.29, 1.82) is 0 Å². The molecule has 1 atom stereocenters. The fourth-order valence-electron chi connectivity index (χ4n) is 3.04. The highest BCUT2D eigenvalue weighted by molar-refractivity contribution is 5.83. The van der Waals surface area contributed by atoms with Gasteiger partial charge in [-0.2, -0.15) is 0 Å². The molecular weight excluding hydrogens is 304 g/mol. The van der Waals surface area contributed by atoms with E-state index in [1.165, 1.54) is 34.2 Å². The Morgan fingerprint density at radius 2 is 1.28 bits per heavy atom. The van der Waals surface area contributed by atoms with Crippen molar-refractivity contribution in [3.63, 3.8) is 0 Å². The summed E-state index contributed by atoms with van der Waals surface area (Å²) in [5.74, 6) is 0. The predicted octanol–water partition coefficient (Wildman–Crippen LogP) is 6.90. The molecule has 25 heavy (non-hydrogen) atoms. The van der Waals surface area contributed by atoms with Crippen LogP contribution in [0, 0.1) is 0 Å². The van der Waals surface area contributed by atoms with E-state index in [4.69, 9.17) is 4.74 Å². The molecular formula is C24H26O. The van der Waals surface area contributed by atoms with Gasteiger partial charge < -0.3 is 4.74 Å². The molecule has 3 aromatic carbocycles. The second-order valence-electron chi connectivity index (χ2n) is 6.40. The standard InChI is InChI=1S/C24H26O/c1-3-4-18-25-19(2)20-14-16-22(17-15-20)24-13-9-8-12-23(24)21-10-6-5-7-11-21/h5-17,19H,3-4,18H2,1-2H3. The van der Waals surface area contributed by atoms with Crippen molar-refractivity contribution in [1.82, 2.24) is 0 Å². The first kappa shape index (κ1) is 17.4. The van der Waals surface area contributed by atoms with Gasteiger partial charge in [-0.05, 0) is 41.2 Å². The maximum atomic E-state index is 5.91. The van der Waals surface area contributed by atoms with Crippen molar-refractivity contribution < 1.29 is 4.74 Å². The maximum absolute atomic E-state index is 5.91. The maximum Gasteiger partial charge on any atom is 0.0796 e. The van der Waals surface area contributed by atoms with Gasteiger partial charge in [0.1, 0.15) is 0 Å². The Bertz CT molecular complexity index is 775. The van der Waals surface area contributed by atoms with Crippen molar-refractivity contribution >= 4 is 0 Å². The number of hydrogen-bond acceptors (Lipinski definition) is 1. The largest absolute Gasteiger partial charge is 0.374 e. The summed E-state index contributed by atoms with van der Waals surface area (Å²) in [7, 11) is 0. The number of rotatable bonds is 7. The van der Waals surface area contributed by atoms with E-state index in [2.05, 4.69) is 92.7 Å². The van der Waals surface area contributed by atoms with Crippen LogP contribution in [0.15, 0.2) is 78.9 Å². The third kappa shape index (κ3) is 4.37. The quantitative estimate of drug-likeness (QED) is 0.428. The molecule has 0 amide bonds. The van der Waals surface area contributed by atoms with Crippen LogP contribution >= 0.6 is 0 Å². The summed E-state index contributed by atoms with van der Waals surface area (Å²) in [4.78, 5) is 0. The number of ether oxygens (including phenoxy) is 1. The van der Waals surface area contributed by atoms with Crippen LogP contribution in [-0.2, 0) is 4.74 Å². The molecule has 0 saturated carbocycles. The first-order valence-corrected chi connectivity index (χ1v) is 9.16. The van der Waals surface area contributed by atoms with Crippen molar-refractivity contribution in [3.8, 4) is 22.3 Å². The lowest BCUT2D eigenvalue weighted by atomic mass is 9.94. The Hall–Kier alpha value is -2.38.